The minimum absolute atomic E-state index is 0.481. The maximum atomic E-state index is 8.81. The second kappa shape index (κ2) is 2.75. The fourth-order valence-electron chi connectivity index (χ4n) is 1.26. The maximum absolute atomic E-state index is 8.81. The van der Waals surface area contributed by atoms with E-state index in [4.69, 9.17) is 21.4 Å². The fourth-order valence-corrected chi connectivity index (χ4v) is 1.45. The average molecular weight is 193 g/mol. The van der Waals surface area contributed by atoms with Crippen LogP contribution in [-0.4, -0.2) is 5.16 Å². The zero-order chi connectivity index (χ0) is 9.42. The molecule has 3 nitrogen and oxygen atoms in total. The van der Waals surface area contributed by atoms with E-state index in [0.29, 0.717) is 27.2 Å². The summed E-state index contributed by atoms with van der Waals surface area (Å²) in [5.41, 5.74) is 1.71. The highest BCUT2D eigenvalue weighted by Crippen LogP contribution is 2.28. The van der Waals surface area contributed by atoms with Gasteiger partial charge in [-0.25, -0.2) is 0 Å². The van der Waals surface area contributed by atoms with Gasteiger partial charge in [0.2, 0.25) is 0 Å². The number of aryl methyl sites for hydroxylation is 1. The molecule has 0 saturated carbocycles. The number of rotatable bonds is 0. The van der Waals surface area contributed by atoms with E-state index in [0.717, 1.165) is 0 Å². The summed E-state index contributed by atoms with van der Waals surface area (Å²) in [4.78, 5) is 0. The molecule has 0 bridgehead atoms. The van der Waals surface area contributed by atoms with Gasteiger partial charge in [-0.05, 0) is 19.1 Å². The number of nitrogens with zero attached hydrogens (tertiary/aromatic N) is 2. The van der Waals surface area contributed by atoms with Crippen molar-refractivity contribution in [2.24, 2.45) is 0 Å². The predicted molar refractivity (Wildman–Crippen MR) is 48.5 cm³/mol. The van der Waals surface area contributed by atoms with Crippen molar-refractivity contribution in [2.75, 3.05) is 0 Å². The van der Waals surface area contributed by atoms with Crippen molar-refractivity contribution >= 4 is 22.6 Å². The molecular weight excluding hydrogens is 188 g/mol. The third-order valence-electron chi connectivity index (χ3n) is 1.87. The zero-order valence-electron chi connectivity index (χ0n) is 6.84. The Labute approximate surface area is 79.5 Å². The van der Waals surface area contributed by atoms with Gasteiger partial charge in [0.05, 0.1) is 27.7 Å². The van der Waals surface area contributed by atoms with Gasteiger partial charge in [-0.3, -0.25) is 0 Å². The van der Waals surface area contributed by atoms with Crippen LogP contribution in [0.3, 0.4) is 0 Å². The highest BCUT2D eigenvalue weighted by atomic mass is 35.5. The highest BCUT2D eigenvalue weighted by Gasteiger charge is 2.11. The molecule has 4 heteroatoms. The smallest absolute Gasteiger partial charge is 0.187 e. The zero-order valence-corrected chi connectivity index (χ0v) is 7.59. The summed E-state index contributed by atoms with van der Waals surface area (Å²) in [6.45, 7) is 1.78. The summed E-state index contributed by atoms with van der Waals surface area (Å²) in [5, 5.41) is 13.7. The molecule has 0 amide bonds. The van der Waals surface area contributed by atoms with Crippen LogP contribution in [0.4, 0.5) is 0 Å². The number of hydrogen-bond acceptors (Lipinski definition) is 3. The van der Waals surface area contributed by atoms with Crippen LogP contribution < -0.4 is 0 Å². The van der Waals surface area contributed by atoms with Crippen LogP contribution in [0, 0.1) is 18.3 Å². The standard InChI is InChI=1S/C9H5ClN2O/c1-5-8-6(4-11)2-3-7(10)9(8)13-12-5/h2-3H,1H3. The molecule has 13 heavy (non-hydrogen) atoms. The molecule has 0 fully saturated rings. The second-order valence-corrected chi connectivity index (χ2v) is 3.09. The van der Waals surface area contributed by atoms with Crippen LogP contribution in [0.5, 0.6) is 0 Å². The number of halogens is 1. The van der Waals surface area contributed by atoms with E-state index in [1.165, 1.54) is 0 Å². The third kappa shape index (κ3) is 1.07. The number of nitriles is 1. The summed E-state index contributed by atoms with van der Waals surface area (Å²) in [5.74, 6) is 0. The lowest BCUT2D eigenvalue weighted by atomic mass is 10.1. The molecule has 0 aliphatic rings. The van der Waals surface area contributed by atoms with E-state index < -0.39 is 0 Å². The molecule has 64 valence electrons. The Hall–Kier alpha value is -1.53. The van der Waals surface area contributed by atoms with E-state index in [1.807, 2.05) is 0 Å². The normalized spacial score (nSPS) is 10.2. The van der Waals surface area contributed by atoms with Gasteiger partial charge in [0, 0.05) is 0 Å². The van der Waals surface area contributed by atoms with Crippen LogP contribution in [-0.2, 0) is 0 Å². The lowest BCUT2D eigenvalue weighted by Gasteiger charge is -1.93. The molecule has 1 aromatic heterocycles. The SMILES string of the molecule is Cc1noc2c(Cl)ccc(C#N)c12. The monoisotopic (exact) mass is 192 g/mol. The average Bonchev–Trinajstić information content (AvgIpc) is 2.51. The Morgan fingerprint density at radius 3 is 3.00 bits per heavy atom. The Kier molecular flexibility index (Phi) is 1.71. The Morgan fingerprint density at radius 1 is 1.54 bits per heavy atom. The van der Waals surface area contributed by atoms with Gasteiger partial charge in [-0.15, -0.1) is 0 Å². The third-order valence-corrected chi connectivity index (χ3v) is 2.16. The summed E-state index contributed by atoms with van der Waals surface area (Å²) in [7, 11) is 0. The van der Waals surface area contributed by atoms with Gasteiger partial charge in [0.1, 0.15) is 0 Å². The molecular formula is C9H5ClN2O. The van der Waals surface area contributed by atoms with Crippen molar-refractivity contribution < 1.29 is 4.52 Å². The first-order chi connectivity index (χ1) is 6.24. The lowest BCUT2D eigenvalue weighted by Crippen LogP contribution is -1.78. The van der Waals surface area contributed by atoms with Crippen LogP contribution in [0.2, 0.25) is 5.02 Å². The summed E-state index contributed by atoms with van der Waals surface area (Å²) in [6.07, 6.45) is 0. The lowest BCUT2D eigenvalue weighted by molar-refractivity contribution is 0.450. The Balaban J connectivity index is 2.99. The predicted octanol–water partition coefficient (Wildman–Crippen LogP) is 2.66. The molecule has 0 aliphatic heterocycles. The molecule has 2 aromatic rings. The van der Waals surface area contributed by atoms with Gasteiger partial charge in [0.15, 0.2) is 5.58 Å². The van der Waals surface area contributed by atoms with Gasteiger partial charge in [-0.2, -0.15) is 5.26 Å². The quantitative estimate of drug-likeness (QED) is 0.645. The fraction of sp³-hybridized carbons (Fsp3) is 0.111. The summed E-state index contributed by atoms with van der Waals surface area (Å²) in [6, 6.07) is 5.36. The first-order valence-electron chi connectivity index (χ1n) is 3.68. The topological polar surface area (TPSA) is 49.8 Å². The molecule has 1 heterocycles. The number of benzene rings is 1. The van der Waals surface area contributed by atoms with Gasteiger partial charge in [-0.1, -0.05) is 16.8 Å². The van der Waals surface area contributed by atoms with Crippen LogP contribution in [0.25, 0.3) is 11.0 Å². The minimum Gasteiger partial charge on any atom is -0.354 e. The Bertz CT molecular complexity index is 510. The maximum Gasteiger partial charge on any atom is 0.187 e. The van der Waals surface area contributed by atoms with Crippen molar-refractivity contribution in [1.29, 1.82) is 5.26 Å². The van der Waals surface area contributed by atoms with E-state index in [9.17, 15) is 0 Å². The molecule has 0 atom stereocenters. The van der Waals surface area contributed by atoms with Crippen molar-refractivity contribution in [3.05, 3.63) is 28.4 Å². The number of aromatic nitrogens is 1. The molecule has 0 unspecified atom stereocenters. The molecule has 0 aliphatic carbocycles. The minimum atomic E-state index is 0.481. The summed E-state index contributed by atoms with van der Waals surface area (Å²) < 4.78 is 4.99. The molecule has 0 radical (unpaired) electrons. The summed E-state index contributed by atoms with van der Waals surface area (Å²) >= 11 is 5.86. The highest BCUT2D eigenvalue weighted by molar-refractivity contribution is 6.35. The Morgan fingerprint density at radius 2 is 2.31 bits per heavy atom. The van der Waals surface area contributed by atoms with Gasteiger partial charge < -0.3 is 4.52 Å². The van der Waals surface area contributed by atoms with Crippen molar-refractivity contribution in [1.82, 2.24) is 5.16 Å². The largest absolute Gasteiger partial charge is 0.354 e. The van der Waals surface area contributed by atoms with Crippen molar-refractivity contribution in [3.8, 4) is 6.07 Å². The van der Waals surface area contributed by atoms with Crippen LogP contribution >= 0.6 is 11.6 Å². The van der Waals surface area contributed by atoms with Crippen molar-refractivity contribution in [3.63, 3.8) is 0 Å². The number of hydrogen-bond donors (Lipinski definition) is 0. The van der Waals surface area contributed by atoms with Crippen LogP contribution in [0.15, 0.2) is 16.7 Å². The first kappa shape index (κ1) is 8.09. The van der Waals surface area contributed by atoms with Crippen LogP contribution in [0.1, 0.15) is 11.3 Å². The molecule has 0 saturated heterocycles. The number of fused-ring (bicyclic) bond motifs is 1. The first-order valence-corrected chi connectivity index (χ1v) is 4.06. The molecule has 0 N–H and O–H groups in total. The molecule has 2 rings (SSSR count). The van der Waals surface area contributed by atoms with Gasteiger partial charge >= 0.3 is 0 Å². The van der Waals surface area contributed by atoms with E-state index in [-0.39, 0.29) is 0 Å². The molecule has 1 aromatic carbocycles. The second-order valence-electron chi connectivity index (χ2n) is 2.68. The van der Waals surface area contributed by atoms with E-state index in [1.54, 1.807) is 19.1 Å². The van der Waals surface area contributed by atoms with Crippen molar-refractivity contribution in [2.45, 2.75) is 6.92 Å². The van der Waals surface area contributed by atoms with E-state index in [2.05, 4.69) is 11.2 Å². The molecule has 0 spiro atoms. The van der Waals surface area contributed by atoms with Gasteiger partial charge in [0.25, 0.3) is 0 Å². The van der Waals surface area contributed by atoms with E-state index >= 15 is 0 Å².